The first kappa shape index (κ1) is 13.4. The third kappa shape index (κ3) is 2.54. The molecule has 21 heavy (non-hydrogen) atoms. The van der Waals surface area contributed by atoms with Crippen molar-refractivity contribution in [3.8, 4) is 16.9 Å². The van der Waals surface area contributed by atoms with Gasteiger partial charge < -0.3 is 0 Å². The van der Waals surface area contributed by atoms with E-state index in [1.807, 2.05) is 27.0 Å². The van der Waals surface area contributed by atoms with Gasteiger partial charge in [0, 0.05) is 18.0 Å². The molecule has 0 radical (unpaired) electrons. The number of hydrogen-bond donors (Lipinski definition) is 0. The molecule has 4 nitrogen and oxygen atoms in total. The molecule has 0 fully saturated rings. The number of halogens is 1. The van der Waals surface area contributed by atoms with Gasteiger partial charge in [-0.25, -0.2) is 14.1 Å². The number of aryl methyl sites for hydroxylation is 3. The molecule has 5 heteroatoms. The number of hydrogen-bond acceptors (Lipinski definition) is 3. The Morgan fingerprint density at radius 1 is 1.10 bits per heavy atom. The molecule has 0 saturated carbocycles. The van der Waals surface area contributed by atoms with Crippen LogP contribution in [0, 0.1) is 26.6 Å². The number of nitrogens with zero attached hydrogens (tertiary/aromatic N) is 4. The summed E-state index contributed by atoms with van der Waals surface area (Å²) in [6, 6.07) is 4.74. The summed E-state index contributed by atoms with van der Waals surface area (Å²) in [4.78, 5) is 8.76. The van der Waals surface area contributed by atoms with E-state index in [2.05, 4.69) is 15.1 Å². The molecule has 2 aromatic heterocycles. The molecule has 2 heterocycles. The molecule has 0 spiro atoms. The molecule has 0 aliphatic heterocycles. The number of aromatic nitrogens is 4. The zero-order valence-electron chi connectivity index (χ0n) is 12.1. The summed E-state index contributed by atoms with van der Waals surface area (Å²) in [6.07, 6.45) is 5.37. The Labute approximate surface area is 122 Å². The Bertz CT molecular complexity index is 808. The minimum atomic E-state index is -0.232. The molecular weight excluding hydrogens is 267 g/mol. The second kappa shape index (κ2) is 5.09. The quantitative estimate of drug-likeness (QED) is 0.723. The fourth-order valence-electron chi connectivity index (χ4n) is 2.27. The van der Waals surface area contributed by atoms with Crippen LogP contribution in [0.2, 0.25) is 0 Å². The van der Waals surface area contributed by atoms with E-state index in [4.69, 9.17) is 0 Å². The van der Waals surface area contributed by atoms with Crippen LogP contribution in [0.3, 0.4) is 0 Å². The Morgan fingerprint density at radius 3 is 2.67 bits per heavy atom. The Morgan fingerprint density at radius 2 is 1.90 bits per heavy atom. The van der Waals surface area contributed by atoms with Crippen LogP contribution >= 0.6 is 0 Å². The van der Waals surface area contributed by atoms with Crippen molar-refractivity contribution in [1.29, 1.82) is 0 Å². The Hall–Kier alpha value is -2.56. The van der Waals surface area contributed by atoms with E-state index >= 15 is 0 Å². The first-order chi connectivity index (χ1) is 10.0. The van der Waals surface area contributed by atoms with Gasteiger partial charge in [-0.1, -0.05) is 6.07 Å². The molecule has 0 N–H and O–H groups in total. The van der Waals surface area contributed by atoms with Crippen LogP contribution in [0.1, 0.15) is 17.0 Å². The highest BCUT2D eigenvalue weighted by atomic mass is 19.1. The fourth-order valence-corrected chi connectivity index (χ4v) is 2.27. The average Bonchev–Trinajstić information content (AvgIpc) is 2.91. The molecule has 0 unspecified atom stereocenters. The van der Waals surface area contributed by atoms with Crippen molar-refractivity contribution in [1.82, 2.24) is 19.7 Å². The summed E-state index contributed by atoms with van der Waals surface area (Å²) in [5.41, 5.74) is 4.41. The highest BCUT2D eigenvalue weighted by molar-refractivity contribution is 5.66. The lowest BCUT2D eigenvalue weighted by Gasteiger charge is -2.05. The van der Waals surface area contributed by atoms with Crippen molar-refractivity contribution in [2.75, 3.05) is 0 Å². The van der Waals surface area contributed by atoms with Crippen LogP contribution in [0.4, 0.5) is 4.39 Å². The maximum atomic E-state index is 13.2. The summed E-state index contributed by atoms with van der Waals surface area (Å²) in [7, 11) is 0. The lowest BCUT2D eigenvalue weighted by molar-refractivity contribution is 0.627. The van der Waals surface area contributed by atoms with E-state index in [1.165, 1.54) is 12.1 Å². The van der Waals surface area contributed by atoms with E-state index in [0.717, 1.165) is 28.1 Å². The van der Waals surface area contributed by atoms with Gasteiger partial charge >= 0.3 is 0 Å². The predicted octanol–water partition coefficient (Wildman–Crippen LogP) is 3.39. The summed E-state index contributed by atoms with van der Waals surface area (Å²) in [5, 5.41) is 4.35. The monoisotopic (exact) mass is 282 g/mol. The second-order valence-electron chi connectivity index (χ2n) is 5.05. The van der Waals surface area contributed by atoms with E-state index in [1.54, 1.807) is 23.1 Å². The first-order valence-corrected chi connectivity index (χ1v) is 6.66. The summed E-state index contributed by atoms with van der Waals surface area (Å²) in [5.74, 6) is 0.477. The molecule has 0 atom stereocenters. The van der Waals surface area contributed by atoms with Gasteiger partial charge in [-0.3, -0.25) is 4.98 Å². The van der Waals surface area contributed by atoms with Crippen LogP contribution in [-0.4, -0.2) is 19.7 Å². The molecule has 3 rings (SSSR count). The molecular formula is C16H15FN4. The lowest BCUT2D eigenvalue weighted by atomic mass is 10.0. The summed E-state index contributed by atoms with van der Waals surface area (Å²) in [6.45, 7) is 5.67. The van der Waals surface area contributed by atoms with Crippen LogP contribution < -0.4 is 0 Å². The highest BCUT2D eigenvalue weighted by Crippen LogP contribution is 2.24. The fraction of sp³-hybridized carbons (Fsp3) is 0.188. The zero-order valence-corrected chi connectivity index (χ0v) is 12.1. The highest BCUT2D eigenvalue weighted by Gasteiger charge is 2.10. The Kier molecular flexibility index (Phi) is 3.25. The van der Waals surface area contributed by atoms with Gasteiger partial charge in [-0.15, -0.1) is 0 Å². The normalized spacial score (nSPS) is 10.9. The molecule has 106 valence electrons. The third-order valence-electron chi connectivity index (χ3n) is 3.35. The average molecular weight is 282 g/mol. The smallest absolute Gasteiger partial charge is 0.175 e. The van der Waals surface area contributed by atoms with Crippen molar-refractivity contribution < 1.29 is 4.39 Å². The van der Waals surface area contributed by atoms with Gasteiger partial charge in [0.25, 0.3) is 0 Å². The second-order valence-corrected chi connectivity index (χ2v) is 5.05. The van der Waals surface area contributed by atoms with Gasteiger partial charge in [-0.2, -0.15) is 5.10 Å². The summed E-state index contributed by atoms with van der Waals surface area (Å²) >= 11 is 0. The molecule has 0 aliphatic rings. The van der Waals surface area contributed by atoms with Crippen molar-refractivity contribution in [2.24, 2.45) is 0 Å². The zero-order chi connectivity index (χ0) is 15.0. The van der Waals surface area contributed by atoms with Crippen LogP contribution in [-0.2, 0) is 0 Å². The summed E-state index contributed by atoms with van der Waals surface area (Å²) < 4.78 is 14.9. The molecule has 0 bridgehead atoms. The third-order valence-corrected chi connectivity index (χ3v) is 3.35. The van der Waals surface area contributed by atoms with E-state index in [0.29, 0.717) is 5.82 Å². The van der Waals surface area contributed by atoms with Gasteiger partial charge in [0.05, 0.1) is 17.6 Å². The van der Waals surface area contributed by atoms with Crippen molar-refractivity contribution >= 4 is 0 Å². The Balaban J connectivity index is 2.06. The lowest BCUT2D eigenvalue weighted by Crippen LogP contribution is -2.03. The van der Waals surface area contributed by atoms with Crippen LogP contribution in [0.5, 0.6) is 0 Å². The SMILES string of the molecule is Cc1cnc(C)c(-n2cc(-c3ccc(F)cc3C)cn2)n1. The van der Waals surface area contributed by atoms with E-state index in [-0.39, 0.29) is 5.82 Å². The number of benzene rings is 1. The van der Waals surface area contributed by atoms with Gasteiger partial charge in [0.1, 0.15) is 5.82 Å². The first-order valence-electron chi connectivity index (χ1n) is 6.66. The van der Waals surface area contributed by atoms with Crippen LogP contribution in [0.15, 0.2) is 36.8 Å². The van der Waals surface area contributed by atoms with Gasteiger partial charge in [0.15, 0.2) is 5.82 Å². The topological polar surface area (TPSA) is 43.6 Å². The molecule has 3 aromatic rings. The molecule has 0 saturated heterocycles. The van der Waals surface area contributed by atoms with Gasteiger partial charge in [0.2, 0.25) is 0 Å². The molecule has 1 aromatic carbocycles. The molecule has 0 amide bonds. The van der Waals surface area contributed by atoms with Crippen molar-refractivity contribution in [3.05, 3.63) is 59.6 Å². The van der Waals surface area contributed by atoms with E-state index in [9.17, 15) is 4.39 Å². The van der Waals surface area contributed by atoms with Crippen molar-refractivity contribution in [3.63, 3.8) is 0 Å². The van der Waals surface area contributed by atoms with Gasteiger partial charge in [-0.05, 0) is 44.0 Å². The van der Waals surface area contributed by atoms with Crippen molar-refractivity contribution in [2.45, 2.75) is 20.8 Å². The van der Waals surface area contributed by atoms with Crippen LogP contribution in [0.25, 0.3) is 16.9 Å². The number of rotatable bonds is 2. The maximum Gasteiger partial charge on any atom is 0.175 e. The maximum absolute atomic E-state index is 13.2. The standard InChI is InChI=1S/C16H15FN4/c1-10-6-14(17)4-5-15(10)13-8-19-21(9-13)16-12(3)18-7-11(2)20-16/h4-9H,1-3H3. The molecule has 0 aliphatic carbocycles. The minimum Gasteiger partial charge on any atom is -0.256 e. The predicted molar refractivity (Wildman–Crippen MR) is 78.8 cm³/mol. The minimum absolute atomic E-state index is 0.232. The largest absolute Gasteiger partial charge is 0.256 e. The van der Waals surface area contributed by atoms with E-state index < -0.39 is 0 Å².